The number of ether oxygens (including phenoxy) is 2. The lowest BCUT2D eigenvalue weighted by Gasteiger charge is -2.12. The molecule has 2 aromatic heterocycles. The minimum absolute atomic E-state index is 0.0491. The van der Waals surface area contributed by atoms with Gasteiger partial charge in [-0.2, -0.15) is 13.9 Å². The van der Waals surface area contributed by atoms with E-state index in [0.29, 0.717) is 6.42 Å². The molecule has 0 unspecified atom stereocenters. The van der Waals surface area contributed by atoms with Crippen LogP contribution in [0.2, 0.25) is 0 Å². The topological polar surface area (TPSA) is 94.8 Å². The Morgan fingerprint density at radius 2 is 1.94 bits per heavy atom. The van der Waals surface area contributed by atoms with Crippen molar-refractivity contribution in [1.82, 2.24) is 14.6 Å². The van der Waals surface area contributed by atoms with Crippen molar-refractivity contribution >= 4 is 23.2 Å². The number of carbonyl (C=O) groups excluding carboxylic acids is 2. The second-order valence-electron chi connectivity index (χ2n) is 6.90. The van der Waals surface area contributed by atoms with E-state index in [0.717, 1.165) is 28.3 Å². The van der Waals surface area contributed by atoms with Crippen LogP contribution in [0.15, 0.2) is 30.3 Å². The second kappa shape index (κ2) is 9.50. The maximum atomic E-state index is 12.4. The summed E-state index contributed by atoms with van der Waals surface area (Å²) in [7, 11) is 0. The van der Waals surface area contributed by atoms with E-state index < -0.39 is 25.1 Å². The number of para-hydroxylation sites is 2. The molecule has 164 valence electrons. The van der Waals surface area contributed by atoms with E-state index in [9.17, 15) is 18.4 Å². The van der Waals surface area contributed by atoms with Gasteiger partial charge in [0.2, 0.25) is 0 Å². The number of anilines is 1. The van der Waals surface area contributed by atoms with Crippen LogP contribution >= 0.6 is 0 Å². The maximum Gasteiger partial charge on any atom is 0.387 e. The highest BCUT2D eigenvalue weighted by molar-refractivity contribution is 5.94. The number of nitrogens with one attached hydrogen (secondary N) is 1. The monoisotopic (exact) mass is 432 g/mol. The molecule has 0 radical (unpaired) electrons. The number of nitrogens with zero attached hydrogens (tertiary/aromatic N) is 3. The van der Waals surface area contributed by atoms with Crippen molar-refractivity contribution in [2.24, 2.45) is 0 Å². The summed E-state index contributed by atoms with van der Waals surface area (Å²) >= 11 is 0. The van der Waals surface area contributed by atoms with Gasteiger partial charge in [-0.3, -0.25) is 9.59 Å². The molecule has 1 N–H and O–H groups in total. The molecule has 3 rings (SSSR count). The number of aryl methyl sites for hydroxylation is 3. The minimum atomic E-state index is -3.03. The van der Waals surface area contributed by atoms with Gasteiger partial charge in [0.25, 0.3) is 5.91 Å². The SMILES string of the molecule is Cc1cc2nc(C)c(CCC(=O)OCC(=O)Nc3ccccc3OC(F)F)c(C)n2n1. The van der Waals surface area contributed by atoms with Gasteiger partial charge < -0.3 is 14.8 Å². The summed E-state index contributed by atoms with van der Waals surface area (Å²) in [4.78, 5) is 28.6. The molecular formula is C21H22F2N4O4. The molecule has 0 aliphatic rings. The molecule has 3 aromatic rings. The Balaban J connectivity index is 1.54. The molecule has 0 bridgehead atoms. The zero-order chi connectivity index (χ0) is 22.5. The minimum Gasteiger partial charge on any atom is -0.456 e. The maximum absolute atomic E-state index is 12.4. The summed E-state index contributed by atoms with van der Waals surface area (Å²) in [5.41, 5.74) is 4.21. The van der Waals surface area contributed by atoms with Gasteiger partial charge >= 0.3 is 12.6 Å². The third-order valence-electron chi connectivity index (χ3n) is 4.61. The van der Waals surface area contributed by atoms with Crippen LogP contribution in [0.4, 0.5) is 14.5 Å². The Labute approximate surface area is 177 Å². The fourth-order valence-electron chi connectivity index (χ4n) is 3.20. The highest BCUT2D eigenvalue weighted by atomic mass is 19.3. The van der Waals surface area contributed by atoms with Crippen LogP contribution in [0.25, 0.3) is 5.65 Å². The average Bonchev–Trinajstić information content (AvgIpc) is 3.07. The largest absolute Gasteiger partial charge is 0.456 e. The van der Waals surface area contributed by atoms with Crippen LogP contribution in [-0.4, -0.2) is 39.7 Å². The molecule has 0 spiro atoms. The third kappa shape index (κ3) is 5.53. The zero-order valence-corrected chi connectivity index (χ0v) is 17.3. The first kappa shape index (κ1) is 22.1. The number of benzene rings is 1. The van der Waals surface area contributed by atoms with Gasteiger partial charge in [0.1, 0.15) is 5.75 Å². The molecule has 8 nitrogen and oxygen atoms in total. The van der Waals surface area contributed by atoms with Gasteiger partial charge in [-0.1, -0.05) is 12.1 Å². The number of aromatic nitrogens is 3. The van der Waals surface area contributed by atoms with Crippen LogP contribution in [0, 0.1) is 20.8 Å². The molecule has 10 heteroatoms. The van der Waals surface area contributed by atoms with Gasteiger partial charge in [0, 0.05) is 23.9 Å². The van der Waals surface area contributed by atoms with Crippen LogP contribution in [0.3, 0.4) is 0 Å². The third-order valence-corrected chi connectivity index (χ3v) is 4.61. The molecule has 0 aliphatic carbocycles. The van der Waals surface area contributed by atoms with Gasteiger partial charge in [-0.05, 0) is 44.9 Å². The first-order valence-corrected chi connectivity index (χ1v) is 9.56. The molecule has 0 atom stereocenters. The number of rotatable bonds is 8. The van der Waals surface area contributed by atoms with E-state index in [-0.39, 0.29) is 17.9 Å². The number of carbonyl (C=O) groups is 2. The van der Waals surface area contributed by atoms with Crippen molar-refractivity contribution in [2.45, 2.75) is 40.2 Å². The predicted octanol–water partition coefficient (Wildman–Crippen LogP) is 3.37. The molecule has 0 saturated heterocycles. The molecule has 2 heterocycles. The van der Waals surface area contributed by atoms with Gasteiger partial charge in [-0.25, -0.2) is 9.50 Å². The van der Waals surface area contributed by atoms with E-state index in [1.165, 1.54) is 18.2 Å². The first-order chi connectivity index (χ1) is 14.7. The highest BCUT2D eigenvalue weighted by Crippen LogP contribution is 2.25. The average molecular weight is 432 g/mol. The number of amides is 1. The van der Waals surface area contributed by atoms with E-state index in [2.05, 4.69) is 20.1 Å². The smallest absolute Gasteiger partial charge is 0.387 e. The number of halogens is 2. The lowest BCUT2D eigenvalue weighted by Crippen LogP contribution is -2.21. The molecule has 1 amide bonds. The molecule has 1 aromatic carbocycles. The van der Waals surface area contributed by atoms with Crippen LogP contribution in [-0.2, 0) is 20.7 Å². The van der Waals surface area contributed by atoms with Crippen molar-refractivity contribution in [3.8, 4) is 5.75 Å². The van der Waals surface area contributed by atoms with E-state index >= 15 is 0 Å². The van der Waals surface area contributed by atoms with Crippen molar-refractivity contribution in [3.63, 3.8) is 0 Å². The van der Waals surface area contributed by atoms with Crippen LogP contribution in [0.5, 0.6) is 5.75 Å². The lowest BCUT2D eigenvalue weighted by molar-refractivity contribution is -0.147. The Kier molecular flexibility index (Phi) is 6.78. The Morgan fingerprint density at radius 1 is 1.19 bits per heavy atom. The summed E-state index contributed by atoms with van der Waals surface area (Å²) in [5, 5.41) is 6.78. The van der Waals surface area contributed by atoms with Gasteiger partial charge in [0.15, 0.2) is 12.3 Å². The fourth-order valence-corrected chi connectivity index (χ4v) is 3.20. The lowest BCUT2D eigenvalue weighted by atomic mass is 10.1. The molecule has 0 aliphatic heterocycles. The number of esters is 1. The highest BCUT2D eigenvalue weighted by Gasteiger charge is 2.15. The van der Waals surface area contributed by atoms with Crippen molar-refractivity contribution in [1.29, 1.82) is 0 Å². The van der Waals surface area contributed by atoms with Crippen molar-refractivity contribution in [3.05, 3.63) is 53.0 Å². The summed E-state index contributed by atoms with van der Waals surface area (Å²) in [5.74, 6) is -1.41. The number of fused-ring (bicyclic) bond motifs is 1. The standard InChI is InChI=1S/C21H22F2N4O4/c1-12-10-18-24-13(2)15(14(3)27(18)26-12)8-9-20(29)30-11-19(28)25-16-6-4-5-7-17(16)31-21(22)23/h4-7,10,21H,8-9,11H2,1-3H3,(H,25,28). The molecular weight excluding hydrogens is 410 g/mol. The van der Waals surface area contributed by atoms with Crippen molar-refractivity contribution in [2.75, 3.05) is 11.9 Å². The quantitative estimate of drug-likeness (QED) is 0.549. The molecule has 0 saturated carbocycles. The second-order valence-corrected chi connectivity index (χ2v) is 6.90. The Hall–Kier alpha value is -3.56. The Morgan fingerprint density at radius 3 is 2.68 bits per heavy atom. The fraction of sp³-hybridized carbons (Fsp3) is 0.333. The first-order valence-electron chi connectivity index (χ1n) is 9.56. The summed E-state index contributed by atoms with van der Waals surface area (Å²) in [6.07, 6.45) is 0.429. The predicted molar refractivity (Wildman–Crippen MR) is 108 cm³/mol. The van der Waals surface area contributed by atoms with Gasteiger partial charge in [0.05, 0.1) is 11.4 Å². The number of hydrogen-bond acceptors (Lipinski definition) is 6. The summed E-state index contributed by atoms with van der Waals surface area (Å²) in [6, 6.07) is 7.62. The van der Waals surface area contributed by atoms with Crippen molar-refractivity contribution < 1.29 is 27.8 Å². The normalized spacial score (nSPS) is 11.0. The number of alkyl halides is 2. The zero-order valence-electron chi connectivity index (χ0n) is 17.3. The molecule has 0 fully saturated rings. The van der Waals surface area contributed by atoms with E-state index in [1.54, 1.807) is 10.6 Å². The van der Waals surface area contributed by atoms with E-state index in [1.807, 2.05) is 26.8 Å². The summed E-state index contributed by atoms with van der Waals surface area (Å²) < 4.78 is 36.0. The molecule has 31 heavy (non-hydrogen) atoms. The number of hydrogen-bond donors (Lipinski definition) is 1. The Bertz CT molecular complexity index is 1110. The van der Waals surface area contributed by atoms with Crippen LogP contribution < -0.4 is 10.1 Å². The van der Waals surface area contributed by atoms with E-state index in [4.69, 9.17) is 4.74 Å². The van der Waals surface area contributed by atoms with Gasteiger partial charge in [-0.15, -0.1) is 0 Å². The summed E-state index contributed by atoms with van der Waals surface area (Å²) in [6.45, 7) is 2.07. The van der Waals surface area contributed by atoms with Crippen LogP contribution in [0.1, 0.15) is 29.1 Å².